The number of aliphatic hydroxyl groups excluding tert-OH is 1. The highest BCUT2D eigenvalue weighted by atomic mass is 19.1. The number of nitrogens with one attached hydrogen (secondary N) is 1. The number of carbonyl (C=O) groups excluding carboxylic acids is 2. The first kappa shape index (κ1) is 24.4. The third-order valence-corrected chi connectivity index (χ3v) is 8.63. The normalized spacial score (nSPS) is 22.2. The number of aliphatic hydroxyl groups is 2. The Balaban J connectivity index is 1.38. The number of nitrogens with zero attached hydrogens (tertiary/aromatic N) is 2. The van der Waals surface area contributed by atoms with Gasteiger partial charge in [-0.25, -0.2) is 14.2 Å². The second-order valence-corrected chi connectivity index (χ2v) is 11.4. The van der Waals surface area contributed by atoms with Crippen molar-refractivity contribution in [2.75, 3.05) is 0 Å². The molecule has 2 fully saturated rings. The van der Waals surface area contributed by atoms with Crippen LogP contribution in [-0.4, -0.2) is 37.7 Å². The number of hydrogen-bond donors (Lipinski definition) is 3. The van der Waals surface area contributed by atoms with Gasteiger partial charge in [-0.1, -0.05) is 12.8 Å². The Morgan fingerprint density at radius 3 is 2.72 bits per heavy atom. The number of amides is 1. The summed E-state index contributed by atoms with van der Waals surface area (Å²) in [6.07, 6.45) is 2.52. The first-order valence-electron chi connectivity index (χ1n) is 13.4. The van der Waals surface area contributed by atoms with Crippen molar-refractivity contribution in [1.82, 2.24) is 14.9 Å². The van der Waals surface area contributed by atoms with E-state index < -0.39 is 29.4 Å². The summed E-state index contributed by atoms with van der Waals surface area (Å²) in [4.78, 5) is 43.8. The molecule has 0 radical (unpaired) electrons. The fraction of sp³-hybridized carbons (Fsp3) is 0.448. The molecular weight excluding hydrogens is 505 g/mol. The van der Waals surface area contributed by atoms with Gasteiger partial charge >= 0.3 is 5.97 Å². The average Bonchev–Trinajstić information content (AvgIpc) is 3.84. The van der Waals surface area contributed by atoms with E-state index in [1.54, 1.807) is 19.1 Å². The van der Waals surface area contributed by atoms with Gasteiger partial charge in [0.1, 0.15) is 18.5 Å². The standard InChI is InChI=1S/C29H28FN3O6/c1-13-6-16-17(10-31-26(35)25(34)15-4-5-15)18-11-33-23(24(18)32-22(16)8-21(13)30)7-20-19(27(33)36)12-39-28(37)29(20,38)9-14-2-3-14/h6-8,14-15,25,34,38H,2-5,9-12H2,1H3,(H,31,35)/t25-,29-/m0/s1. The molecule has 9 nitrogen and oxygen atoms in total. The van der Waals surface area contributed by atoms with Crippen molar-refractivity contribution >= 4 is 22.8 Å². The monoisotopic (exact) mass is 533 g/mol. The molecule has 0 saturated heterocycles. The number of carbonyl (C=O) groups is 2. The van der Waals surface area contributed by atoms with Crippen LogP contribution in [0.5, 0.6) is 0 Å². The lowest BCUT2D eigenvalue weighted by atomic mass is 9.84. The molecule has 0 spiro atoms. The Morgan fingerprint density at radius 1 is 1.23 bits per heavy atom. The van der Waals surface area contributed by atoms with Crippen LogP contribution < -0.4 is 10.9 Å². The third kappa shape index (κ3) is 3.80. The topological polar surface area (TPSA) is 131 Å². The van der Waals surface area contributed by atoms with E-state index in [1.807, 2.05) is 0 Å². The third-order valence-electron chi connectivity index (χ3n) is 8.63. The molecule has 4 heterocycles. The Bertz CT molecular complexity index is 1660. The molecule has 2 aliphatic carbocycles. The van der Waals surface area contributed by atoms with E-state index in [9.17, 15) is 29.0 Å². The zero-order valence-electron chi connectivity index (χ0n) is 21.4. The number of pyridine rings is 2. The first-order chi connectivity index (χ1) is 18.7. The fourth-order valence-electron chi connectivity index (χ4n) is 6.00. The molecule has 202 valence electrons. The Kier molecular flexibility index (Phi) is 5.28. The molecule has 2 saturated carbocycles. The minimum Gasteiger partial charge on any atom is -0.458 e. The maximum atomic E-state index is 14.6. The summed E-state index contributed by atoms with van der Waals surface area (Å²) in [6, 6.07) is 4.65. The Morgan fingerprint density at radius 2 is 2.00 bits per heavy atom. The lowest BCUT2D eigenvalue weighted by Gasteiger charge is -2.32. The van der Waals surface area contributed by atoms with Crippen LogP contribution in [0.2, 0.25) is 0 Å². The van der Waals surface area contributed by atoms with E-state index in [1.165, 1.54) is 10.6 Å². The van der Waals surface area contributed by atoms with Crippen molar-refractivity contribution in [3.8, 4) is 11.4 Å². The van der Waals surface area contributed by atoms with E-state index in [-0.39, 0.29) is 54.6 Å². The molecule has 2 atom stereocenters. The molecule has 10 heteroatoms. The second kappa shape index (κ2) is 8.43. The van der Waals surface area contributed by atoms with E-state index in [0.717, 1.165) is 25.7 Å². The molecule has 3 N–H and O–H groups in total. The molecule has 1 aromatic carbocycles. The molecule has 1 amide bonds. The zero-order chi connectivity index (χ0) is 27.2. The van der Waals surface area contributed by atoms with Crippen LogP contribution in [0.15, 0.2) is 23.0 Å². The van der Waals surface area contributed by atoms with Crippen molar-refractivity contribution < 1.29 is 28.9 Å². The van der Waals surface area contributed by atoms with Gasteiger partial charge < -0.3 is 24.8 Å². The lowest BCUT2D eigenvalue weighted by molar-refractivity contribution is -0.173. The molecule has 7 rings (SSSR count). The van der Waals surface area contributed by atoms with Gasteiger partial charge in [0.2, 0.25) is 5.91 Å². The smallest absolute Gasteiger partial charge is 0.343 e. The number of ether oxygens (including phenoxy) is 1. The highest BCUT2D eigenvalue weighted by molar-refractivity contribution is 5.90. The van der Waals surface area contributed by atoms with Crippen LogP contribution in [-0.2, 0) is 39.6 Å². The molecule has 4 aliphatic rings. The molecule has 0 bridgehead atoms. The van der Waals surface area contributed by atoms with E-state index >= 15 is 0 Å². The van der Waals surface area contributed by atoms with Gasteiger partial charge in [-0.3, -0.25) is 9.59 Å². The maximum Gasteiger partial charge on any atom is 0.343 e. The predicted molar refractivity (Wildman–Crippen MR) is 137 cm³/mol. The Labute approximate surface area is 222 Å². The molecule has 0 unspecified atom stereocenters. The van der Waals surface area contributed by atoms with Crippen molar-refractivity contribution in [3.63, 3.8) is 0 Å². The van der Waals surface area contributed by atoms with Gasteiger partial charge in [-0.15, -0.1) is 0 Å². The molecule has 2 aromatic heterocycles. The summed E-state index contributed by atoms with van der Waals surface area (Å²) >= 11 is 0. The number of fused-ring (bicyclic) bond motifs is 5. The van der Waals surface area contributed by atoms with Crippen LogP contribution in [0.4, 0.5) is 4.39 Å². The van der Waals surface area contributed by atoms with Gasteiger partial charge in [0.15, 0.2) is 5.60 Å². The summed E-state index contributed by atoms with van der Waals surface area (Å²) in [7, 11) is 0. The van der Waals surface area contributed by atoms with E-state index in [0.29, 0.717) is 39.0 Å². The first-order valence-corrected chi connectivity index (χ1v) is 13.4. The van der Waals surface area contributed by atoms with Gasteiger partial charge in [-0.05, 0) is 61.3 Å². The van der Waals surface area contributed by atoms with Crippen LogP contribution in [0, 0.1) is 24.6 Å². The van der Waals surface area contributed by atoms with E-state index in [4.69, 9.17) is 9.72 Å². The summed E-state index contributed by atoms with van der Waals surface area (Å²) in [5, 5.41) is 25.2. The molecule has 39 heavy (non-hydrogen) atoms. The maximum absolute atomic E-state index is 14.6. The number of esters is 1. The number of aryl methyl sites for hydroxylation is 1. The number of halogens is 1. The molecular formula is C29H28FN3O6. The van der Waals surface area contributed by atoms with Crippen LogP contribution in [0.25, 0.3) is 22.3 Å². The van der Waals surface area contributed by atoms with Crippen LogP contribution >= 0.6 is 0 Å². The summed E-state index contributed by atoms with van der Waals surface area (Å²) in [5.41, 5.74) is 1.18. The van der Waals surface area contributed by atoms with Gasteiger partial charge in [0.25, 0.3) is 5.56 Å². The molecule has 2 aliphatic heterocycles. The Hall–Kier alpha value is -3.63. The van der Waals surface area contributed by atoms with Gasteiger partial charge in [-0.2, -0.15) is 0 Å². The largest absolute Gasteiger partial charge is 0.458 e. The average molecular weight is 534 g/mol. The lowest BCUT2D eigenvalue weighted by Crippen LogP contribution is -2.45. The molecule has 3 aromatic rings. The van der Waals surface area contributed by atoms with Crippen LogP contribution in [0.3, 0.4) is 0 Å². The van der Waals surface area contributed by atoms with Crippen molar-refractivity contribution in [1.29, 1.82) is 0 Å². The number of aromatic nitrogens is 2. The number of rotatable bonds is 6. The summed E-state index contributed by atoms with van der Waals surface area (Å²) in [5.74, 6) is -1.51. The number of cyclic esters (lactones) is 1. The van der Waals surface area contributed by atoms with Gasteiger partial charge in [0, 0.05) is 29.1 Å². The summed E-state index contributed by atoms with van der Waals surface area (Å²) < 4.78 is 21.4. The van der Waals surface area contributed by atoms with E-state index in [2.05, 4.69) is 5.32 Å². The second-order valence-electron chi connectivity index (χ2n) is 11.4. The van der Waals surface area contributed by atoms with Crippen molar-refractivity contribution in [3.05, 3.63) is 62.2 Å². The minimum atomic E-state index is -1.91. The number of hydrogen-bond acceptors (Lipinski definition) is 7. The summed E-state index contributed by atoms with van der Waals surface area (Å²) in [6.45, 7) is 1.64. The SMILES string of the molecule is Cc1cc2c(CNC(=O)[C@@H](O)C3CC3)c3c(nc2cc1F)-c1cc2c(c(=O)n1C3)COC(=O)[C@]2(O)CC1CC1. The zero-order valence-corrected chi connectivity index (χ0v) is 21.4. The van der Waals surface area contributed by atoms with Gasteiger partial charge in [0.05, 0.1) is 29.0 Å². The fourth-order valence-corrected chi connectivity index (χ4v) is 6.00. The highest BCUT2D eigenvalue weighted by Gasteiger charge is 2.49. The highest BCUT2D eigenvalue weighted by Crippen LogP contribution is 2.45. The van der Waals surface area contributed by atoms with Crippen molar-refractivity contribution in [2.24, 2.45) is 11.8 Å². The van der Waals surface area contributed by atoms with Crippen LogP contribution in [0.1, 0.15) is 59.9 Å². The minimum absolute atomic E-state index is 0.0327. The van der Waals surface area contributed by atoms with Crippen molar-refractivity contribution in [2.45, 2.75) is 70.4 Å². The number of benzene rings is 1. The quantitative estimate of drug-likeness (QED) is 0.324. The predicted octanol–water partition coefficient (Wildman–Crippen LogP) is 2.30.